The monoisotopic (exact) mass is 323 g/mol. The van der Waals surface area contributed by atoms with E-state index >= 15 is 0 Å². The van der Waals surface area contributed by atoms with Crippen LogP contribution in [0.5, 0.6) is 5.75 Å². The third-order valence-corrected chi connectivity index (χ3v) is 4.03. The van der Waals surface area contributed by atoms with Crippen molar-refractivity contribution < 1.29 is 9.50 Å². The summed E-state index contributed by atoms with van der Waals surface area (Å²) >= 11 is 0. The fourth-order valence-electron chi connectivity index (χ4n) is 2.85. The standard InChI is InChI=1S/C20H18FNO2/c1-14(10-15-6-5-7-16(21)11-15)18-12-19(23)20(24)13-22(18)17-8-3-2-4-9-17/h2-9,11-14,24H,10H2,1H3. The van der Waals surface area contributed by atoms with Gasteiger partial charge in [-0.3, -0.25) is 4.79 Å². The van der Waals surface area contributed by atoms with Crippen LogP contribution in [0.2, 0.25) is 0 Å². The molecule has 3 rings (SSSR count). The number of para-hydroxylation sites is 1. The number of rotatable bonds is 4. The topological polar surface area (TPSA) is 42.2 Å². The Morgan fingerprint density at radius 2 is 1.83 bits per heavy atom. The number of hydrogen-bond donors (Lipinski definition) is 1. The summed E-state index contributed by atoms with van der Waals surface area (Å²) in [6.07, 6.45) is 2.03. The highest BCUT2D eigenvalue weighted by Gasteiger charge is 2.15. The average Bonchev–Trinajstić information content (AvgIpc) is 2.57. The highest BCUT2D eigenvalue weighted by Crippen LogP contribution is 2.24. The van der Waals surface area contributed by atoms with Crippen LogP contribution in [0, 0.1) is 5.82 Å². The molecular formula is C20H18FNO2. The van der Waals surface area contributed by atoms with E-state index in [0.29, 0.717) is 6.42 Å². The summed E-state index contributed by atoms with van der Waals surface area (Å²) in [7, 11) is 0. The first-order chi connectivity index (χ1) is 11.5. The Bertz CT molecular complexity index is 903. The van der Waals surface area contributed by atoms with Crippen LogP contribution in [0.3, 0.4) is 0 Å². The van der Waals surface area contributed by atoms with Crippen molar-refractivity contribution >= 4 is 0 Å². The molecule has 0 spiro atoms. The van der Waals surface area contributed by atoms with Crippen LogP contribution in [0.1, 0.15) is 24.1 Å². The maximum absolute atomic E-state index is 13.4. The SMILES string of the molecule is CC(Cc1cccc(F)c1)c1cc(=O)c(O)cn1-c1ccccc1. The molecule has 0 saturated carbocycles. The van der Waals surface area contributed by atoms with Crippen LogP contribution in [0.4, 0.5) is 4.39 Å². The first-order valence-corrected chi connectivity index (χ1v) is 7.80. The van der Waals surface area contributed by atoms with E-state index in [1.807, 2.05) is 43.3 Å². The zero-order valence-corrected chi connectivity index (χ0v) is 13.3. The number of aromatic hydroxyl groups is 1. The Morgan fingerprint density at radius 3 is 2.54 bits per heavy atom. The van der Waals surface area contributed by atoms with Gasteiger partial charge in [-0.2, -0.15) is 0 Å². The summed E-state index contributed by atoms with van der Waals surface area (Å²) in [6.45, 7) is 1.98. The normalized spacial score (nSPS) is 12.1. The van der Waals surface area contributed by atoms with Gasteiger partial charge in [0.1, 0.15) is 5.82 Å². The van der Waals surface area contributed by atoms with Gasteiger partial charge in [0.2, 0.25) is 5.43 Å². The van der Waals surface area contributed by atoms with Crippen molar-refractivity contribution in [2.24, 2.45) is 0 Å². The van der Waals surface area contributed by atoms with E-state index in [2.05, 4.69) is 0 Å². The third-order valence-electron chi connectivity index (χ3n) is 4.03. The van der Waals surface area contributed by atoms with Crippen molar-refractivity contribution in [1.82, 2.24) is 4.57 Å². The van der Waals surface area contributed by atoms with Gasteiger partial charge >= 0.3 is 0 Å². The fourth-order valence-corrected chi connectivity index (χ4v) is 2.85. The molecule has 3 nitrogen and oxygen atoms in total. The van der Waals surface area contributed by atoms with Crippen LogP contribution in [0.15, 0.2) is 71.7 Å². The second-order valence-electron chi connectivity index (χ2n) is 5.89. The van der Waals surface area contributed by atoms with E-state index in [1.54, 1.807) is 10.6 Å². The quantitative estimate of drug-likeness (QED) is 0.788. The molecule has 0 aliphatic rings. The second-order valence-corrected chi connectivity index (χ2v) is 5.89. The molecule has 1 heterocycles. The van der Waals surface area contributed by atoms with E-state index in [0.717, 1.165) is 16.9 Å². The molecule has 0 aliphatic heterocycles. The predicted octanol–water partition coefficient (Wildman–Crippen LogP) is 4.03. The van der Waals surface area contributed by atoms with E-state index in [4.69, 9.17) is 0 Å². The van der Waals surface area contributed by atoms with Gasteiger partial charge < -0.3 is 9.67 Å². The third kappa shape index (κ3) is 3.38. The van der Waals surface area contributed by atoms with Crippen LogP contribution in [-0.2, 0) is 6.42 Å². The van der Waals surface area contributed by atoms with Crippen molar-refractivity contribution in [3.8, 4) is 11.4 Å². The molecule has 1 unspecified atom stereocenters. The molecule has 0 bridgehead atoms. The van der Waals surface area contributed by atoms with Gasteiger partial charge in [0.15, 0.2) is 5.75 Å². The van der Waals surface area contributed by atoms with Crippen molar-refractivity contribution in [2.75, 3.05) is 0 Å². The molecule has 3 aromatic rings. The van der Waals surface area contributed by atoms with Crippen molar-refractivity contribution in [1.29, 1.82) is 0 Å². The molecule has 4 heteroatoms. The smallest absolute Gasteiger partial charge is 0.223 e. The summed E-state index contributed by atoms with van der Waals surface area (Å²) < 4.78 is 15.2. The Kier molecular flexibility index (Phi) is 4.47. The van der Waals surface area contributed by atoms with Gasteiger partial charge in [0, 0.05) is 23.4 Å². The largest absolute Gasteiger partial charge is 0.503 e. The minimum Gasteiger partial charge on any atom is -0.503 e. The molecule has 0 radical (unpaired) electrons. The minimum atomic E-state index is -0.414. The van der Waals surface area contributed by atoms with Gasteiger partial charge in [-0.25, -0.2) is 4.39 Å². The molecule has 0 fully saturated rings. The lowest BCUT2D eigenvalue weighted by atomic mass is 9.96. The molecule has 1 N–H and O–H groups in total. The molecule has 122 valence electrons. The molecule has 0 aliphatic carbocycles. The molecular weight excluding hydrogens is 305 g/mol. The lowest BCUT2D eigenvalue weighted by molar-refractivity contribution is 0.463. The zero-order valence-electron chi connectivity index (χ0n) is 13.3. The summed E-state index contributed by atoms with van der Waals surface area (Å²) in [4.78, 5) is 11.9. The number of halogens is 1. The van der Waals surface area contributed by atoms with Crippen LogP contribution in [0.25, 0.3) is 5.69 Å². The number of aromatic nitrogens is 1. The van der Waals surface area contributed by atoms with Gasteiger partial charge in [0.05, 0.1) is 6.20 Å². The first-order valence-electron chi connectivity index (χ1n) is 7.80. The summed E-state index contributed by atoms with van der Waals surface area (Å²) in [5, 5.41) is 9.81. The molecule has 0 saturated heterocycles. The molecule has 1 aromatic heterocycles. The van der Waals surface area contributed by atoms with Crippen LogP contribution >= 0.6 is 0 Å². The number of hydrogen-bond acceptors (Lipinski definition) is 2. The van der Waals surface area contributed by atoms with Crippen molar-refractivity contribution in [2.45, 2.75) is 19.3 Å². The minimum absolute atomic E-state index is 0.0275. The lowest BCUT2D eigenvalue weighted by Gasteiger charge is -2.19. The number of nitrogens with zero attached hydrogens (tertiary/aromatic N) is 1. The van der Waals surface area contributed by atoms with Gasteiger partial charge in [0.25, 0.3) is 0 Å². The summed E-state index contributed by atoms with van der Waals surface area (Å²) in [6, 6.07) is 17.4. The second kappa shape index (κ2) is 6.71. The molecule has 24 heavy (non-hydrogen) atoms. The molecule has 2 aromatic carbocycles. The van der Waals surface area contributed by atoms with Crippen LogP contribution < -0.4 is 5.43 Å². The Balaban J connectivity index is 2.03. The van der Waals surface area contributed by atoms with E-state index in [1.165, 1.54) is 24.4 Å². The number of benzene rings is 2. The van der Waals surface area contributed by atoms with Crippen molar-refractivity contribution in [3.05, 3.63) is 94.2 Å². The average molecular weight is 323 g/mol. The lowest BCUT2D eigenvalue weighted by Crippen LogP contribution is -2.14. The van der Waals surface area contributed by atoms with Crippen LogP contribution in [-0.4, -0.2) is 9.67 Å². The van der Waals surface area contributed by atoms with E-state index in [-0.39, 0.29) is 17.5 Å². The fraction of sp³-hybridized carbons (Fsp3) is 0.150. The summed E-state index contributed by atoms with van der Waals surface area (Å²) in [5.41, 5.74) is 2.08. The molecule has 1 atom stereocenters. The maximum atomic E-state index is 13.4. The summed E-state index contributed by atoms with van der Waals surface area (Å²) in [5.74, 6) is -0.591. The van der Waals surface area contributed by atoms with Crippen molar-refractivity contribution in [3.63, 3.8) is 0 Å². The Hall–Kier alpha value is -2.88. The van der Waals surface area contributed by atoms with Gasteiger partial charge in [-0.05, 0) is 36.2 Å². The Labute approximate surface area is 139 Å². The first kappa shape index (κ1) is 16.0. The predicted molar refractivity (Wildman–Crippen MR) is 92.2 cm³/mol. The van der Waals surface area contributed by atoms with E-state index in [9.17, 15) is 14.3 Å². The highest BCUT2D eigenvalue weighted by atomic mass is 19.1. The maximum Gasteiger partial charge on any atom is 0.223 e. The molecule has 0 amide bonds. The zero-order chi connectivity index (χ0) is 17.1. The van der Waals surface area contributed by atoms with Gasteiger partial charge in [-0.1, -0.05) is 37.3 Å². The van der Waals surface area contributed by atoms with Gasteiger partial charge in [-0.15, -0.1) is 0 Å². The van der Waals surface area contributed by atoms with E-state index < -0.39 is 5.43 Å². The number of pyridine rings is 1. The Morgan fingerprint density at radius 1 is 1.08 bits per heavy atom. The highest BCUT2D eigenvalue weighted by molar-refractivity contribution is 5.38.